The van der Waals surface area contributed by atoms with Crippen molar-refractivity contribution in [3.8, 4) is 17.2 Å². The summed E-state index contributed by atoms with van der Waals surface area (Å²) in [6, 6.07) is 12.1. The van der Waals surface area contributed by atoms with Crippen LogP contribution in [0.1, 0.15) is 15.9 Å². The molecule has 7 nitrogen and oxygen atoms in total. The van der Waals surface area contributed by atoms with Gasteiger partial charge >= 0.3 is 0 Å². The van der Waals surface area contributed by atoms with Crippen LogP contribution in [0.15, 0.2) is 53.1 Å². The number of rotatable bonds is 4. The lowest BCUT2D eigenvalue weighted by atomic mass is 10.1. The average Bonchev–Trinajstić information content (AvgIpc) is 3.19. The molecule has 0 unspecified atom stereocenters. The van der Waals surface area contributed by atoms with E-state index >= 15 is 0 Å². The number of aryl methyl sites for hydroxylation is 1. The molecule has 0 radical (unpaired) electrons. The minimum atomic E-state index is -0.456. The summed E-state index contributed by atoms with van der Waals surface area (Å²) < 4.78 is 10.9. The number of amides is 1. The van der Waals surface area contributed by atoms with Gasteiger partial charge in [0.2, 0.25) is 5.89 Å². The summed E-state index contributed by atoms with van der Waals surface area (Å²) >= 11 is 17.5. The standard InChI is InChI=1S/C22H16Cl2N4O3S/c1-11-8-12(21-27-19-17(31-21)4-3-7-25-19)5-6-16(11)26-22(32)28-20(29)13-9-14(23)18(30-2)15(24)10-13/h3-10H,1-2H3,(H2,26,28,29,32). The van der Waals surface area contributed by atoms with Gasteiger partial charge in [-0.15, -0.1) is 0 Å². The number of benzene rings is 2. The largest absolute Gasteiger partial charge is 0.494 e. The van der Waals surface area contributed by atoms with Gasteiger partial charge in [-0.2, -0.15) is 4.98 Å². The van der Waals surface area contributed by atoms with Gasteiger partial charge in [-0.25, -0.2) is 4.98 Å². The van der Waals surface area contributed by atoms with Crippen molar-refractivity contribution < 1.29 is 13.9 Å². The molecule has 0 fully saturated rings. The number of carbonyl (C=O) groups excluding carboxylic acids is 1. The van der Waals surface area contributed by atoms with Crippen LogP contribution in [0.2, 0.25) is 10.0 Å². The van der Waals surface area contributed by atoms with Crippen LogP contribution in [0.3, 0.4) is 0 Å². The zero-order chi connectivity index (χ0) is 22.8. The number of anilines is 1. The highest BCUT2D eigenvalue weighted by Crippen LogP contribution is 2.33. The number of fused-ring (bicyclic) bond motifs is 1. The highest BCUT2D eigenvalue weighted by molar-refractivity contribution is 7.80. The maximum Gasteiger partial charge on any atom is 0.257 e. The molecule has 0 saturated heterocycles. The van der Waals surface area contributed by atoms with Crippen molar-refractivity contribution in [1.82, 2.24) is 15.3 Å². The van der Waals surface area contributed by atoms with Gasteiger partial charge in [-0.3, -0.25) is 10.1 Å². The molecule has 2 N–H and O–H groups in total. The number of aromatic nitrogens is 2. The van der Waals surface area contributed by atoms with Gasteiger partial charge in [0.25, 0.3) is 5.91 Å². The van der Waals surface area contributed by atoms with E-state index < -0.39 is 5.91 Å². The summed E-state index contributed by atoms with van der Waals surface area (Å²) in [6.45, 7) is 1.90. The van der Waals surface area contributed by atoms with E-state index in [0.29, 0.717) is 22.9 Å². The SMILES string of the molecule is COc1c(Cl)cc(C(=O)NC(=S)Nc2ccc(-c3nc4ncccc4o3)cc2C)cc1Cl. The molecule has 2 aromatic carbocycles. The number of pyridine rings is 1. The maximum atomic E-state index is 12.5. The van der Waals surface area contributed by atoms with Crippen LogP contribution in [-0.4, -0.2) is 28.1 Å². The molecule has 0 saturated carbocycles. The predicted molar refractivity (Wildman–Crippen MR) is 129 cm³/mol. The molecule has 4 rings (SSSR count). The first-order valence-electron chi connectivity index (χ1n) is 9.33. The van der Waals surface area contributed by atoms with E-state index in [9.17, 15) is 4.79 Å². The third-order valence-corrected chi connectivity index (χ3v) is 5.34. The summed E-state index contributed by atoms with van der Waals surface area (Å²) in [5.74, 6) is 0.315. The lowest BCUT2D eigenvalue weighted by Crippen LogP contribution is -2.34. The number of hydrogen-bond donors (Lipinski definition) is 2. The van der Waals surface area contributed by atoms with Crippen molar-refractivity contribution in [2.75, 3.05) is 12.4 Å². The number of oxazole rings is 1. The molecule has 0 aliphatic heterocycles. The van der Waals surface area contributed by atoms with Crippen molar-refractivity contribution in [3.63, 3.8) is 0 Å². The fourth-order valence-electron chi connectivity index (χ4n) is 3.04. The Morgan fingerprint density at radius 1 is 1.16 bits per heavy atom. The number of carbonyl (C=O) groups is 1. The van der Waals surface area contributed by atoms with E-state index in [-0.39, 0.29) is 20.7 Å². The second-order valence-electron chi connectivity index (χ2n) is 6.76. The van der Waals surface area contributed by atoms with E-state index in [1.54, 1.807) is 12.3 Å². The molecule has 2 heterocycles. The number of methoxy groups -OCH3 is 1. The van der Waals surface area contributed by atoms with Crippen LogP contribution in [0.25, 0.3) is 22.7 Å². The van der Waals surface area contributed by atoms with E-state index in [2.05, 4.69) is 20.6 Å². The van der Waals surface area contributed by atoms with Crippen LogP contribution in [-0.2, 0) is 0 Å². The van der Waals surface area contributed by atoms with E-state index in [0.717, 1.165) is 16.8 Å². The van der Waals surface area contributed by atoms with Gasteiger partial charge in [0.1, 0.15) is 0 Å². The molecular formula is C22H16Cl2N4O3S. The molecule has 0 aliphatic carbocycles. The first-order chi connectivity index (χ1) is 15.4. The Bertz CT molecular complexity index is 1300. The Balaban J connectivity index is 1.47. The molecule has 162 valence electrons. The van der Waals surface area contributed by atoms with Gasteiger partial charge in [-0.1, -0.05) is 23.2 Å². The molecule has 32 heavy (non-hydrogen) atoms. The summed E-state index contributed by atoms with van der Waals surface area (Å²) in [5.41, 5.74) is 3.81. The van der Waals surface area contributed by atoms with Crippen molar-refractivity contribution >= 4 is 63.4 Å². The fraction of sp³-hybridized carbons (Fsp3) is 0.0909. The van der Waals surface area contributed by atoms with Crippen molar-refractivity contribution in [2.45, 2.75) is 6.92 Å². The zero-order valence-electron chi connectivity index (χ0n) is 16.9. The van der Waals surface area contributed by atoms with Crippen LogP contribution >= 0.6 is 35.4 Å². The third-order valence-electron chi connectivity index (χ3n) is 4.58. The summed E-state index contributed by atoms with van der Waals surface area (Å²) in [4.78, 5) is 21.1. The van der Waals surface area contributed by atoms with Crippen molar-refractivity contribution in [3.05, 3.63) is 69.8 Å². The predicted octanol–water partition coefficient (Wildman–Crippen LogP) is 5.64. The van der Waals surface area contributed by atoms with Gasteiger partial charge in [-0.05, 0) is 67.2 Å². The van der Waals surface area contributed by atoms with E-state index in [1.165, 1.54) is 19.2 Å². The highest BCUT2D eigenvalue weighted by atomic mass is 35.5. The molecule has 0 aliphatic rings. The number of thiocarbonyl (C=S) groups is 1. The normalized spacial score (nSPS) is 10.8. The fourth-order valence-corrected chi connectivity index (χ4v) is 3.89. The minimum absolute atomic E-state index is 0.125. The average molecular weight is 487 g/mol. The van der Waals surface area contributed by atoms with Gasteiger partial charge in [0.15, 0.2) is 22.1 Å². The Morgan fingerprint density at radius 3 is 2.56 bits per heavy atom. The van der Waals surface area contributed by atoms with Crippen LogP contribution in [0.4, 0.5) is 5.69 Å². The van der Waals surface area contributed by atoms with Gasteiger partial charge < -0.3 is 14.5 Å². The molecule has 1 amide bonds. The third kappa shape index (κ3) is 4.52. The number of hydrogen-bond acceptors (Lipinski definition) is 6. The molecule has 10 heteroatoms. The lowest BCUT2D eigenvalue weighted by Gasteiger charge is -2.13. The molecule has 0 spiro atoms. The topological polar surface area (TPSA) is 89.3 Å². The Kier molecular flexibility index (Phi) is 6.27. The molecule has 2 aromatic heterocycles. The van der Waals surface area contributed by atoms with Gasteiger partial charge in [0.05, 0.1) is 17.2 Å². The van der Waals surface area contributed by atoms with Crippen LogP contribution in [0.5, 0.6) is 5.75 Å². The smallest absolute Gasteiger partial charge is 0.257 e. The second kappa shape index (κ2) is 9.12. The zero-order valence-corrected chi connectivity index (χ0v) is 19.2. The maximum absolute atomic E-state index is 12.5. The Hall–Kier alpha value is -3.20. The highest BCUT2D eigenvalue weighted by Gasteiger charge is 2.15. The summed E-state index contributed by atoms with van der Waals surface area (Å²) in [5, 5.41) is 6.20. The summed E-state index contributed by atoms with van der Waals surface area (Å²) in [7, 11) is 1.45. The lowest BCUT2D eigenvalue weighted by molar-refractivity contribution is 0.0977. The number of halogens is 2. The van der Waals surface area contributed by atoms with Crippen molar-refractivity contribution in [1.29, 1.82) is 0 Å². The Morgan fingerprint density at radius 2 is 1.91 bits per heavy atom. The quantitative estimate of drug-likeness (QED) is 0.360. The molecule has 0 bridgehead atoms. The Labute approximate surface area is 198 Å². The second-order valence-corrected chi connectivity index (χ2v) is 7.98. The van der Waals surface area contributed by atoms with Crippen molar-refractivity contribution in [2.24, 2.45) is 0 Å². The first-order valence-corrected chi connectivity index (χ1v) is 10.5. The minimum Gasteiger partial charge on any atom is -0.494 e. The van der Waals surface area contributed by atoms with Gasteiger partial charge in [0, 0.05) is 23.0 Å². The molecule has 0 atom stereocenters. The first kappa shape index (κ1) is 22.0. The monoisotopic (exact) mass is 486 g/mol. The molecular weight excluding hydrogens is 471 g/mol. The number of nitrogens with one attached hydrogen (secondary N) is 2. The number of ether oxygens (including phenoxy) is 1. The van der Waals surface area contributed by atoms with Crippen LogP contribution < -0.4 is 15.4 Å². The molecule has 4 aromatic rings. The van der Waals surface area contributed by atoms with E-state index in [4.69, 9.17) is 44.6 Å². The number of nitrogens with zero attached hydrogens (tertiary/aromatic N) is 2. The summed E-state index contributed by atoms with van der Waals surface area (Å²) in [6.07, 6.45) is 1.66. The van der Waals surface area contributed by atoms with Crippen LogP contribution in [0, 0.1) is 6.92 Å². The van der Waals surface area contributed by atoms with E-state index in [1.807, 2.05) is 31.2 Å².